The minimum absolute atomic E-state index is 0.322. The van der Waals surface area contributed by atoms with Crippen LogP contribution in [0.4, 0.5) is 0 Å². The number of benzene rings is 1. The summed E-state index contributed by atoms with van der Waals surface area (Å²) in [6.07, 6.45) is -0.322. The summed E-state index contributed by atoms with van der Waals surface area (Å²) in [5, 5.41) is 14.9. The molecular weight excluding hydrogens is 176 g/mol. The van der Waals surface area contributed by atoms with Gasteiger partial charge in [-0.2, -0.15) is 0 Å². The molecule has 1 aliphatic rings. The molecule has 2 rings (SSSR count). The molecule has 0 N–H and O–H groups in total. The van der Waals surface area contributed by atoms with E-state index in [0.29, 0.717) is 5.02 Å². The zero-order valence-corrected chi connectivity index (χ0v) is 6.73. The number of nitrogens with zero attached hydrogens (tertiary/aromatic N) is 4. The van der Waals surface area contributed by atoms with Crippen molar-refractivity contribution in [3.63, 3.8) is 0 Å². The first-order chi connectivity index (χ1) is 5.86. The highest BCUT2D eigenvalue weighted by Crippen LogP contribution is 2.25. The second-order valence-corrected chi connectivity index (χ2v) is 2.66. The van der Waals surface area contributed by atoms with Gasteiger partial charge < -0.3 is 0 Å². The van der Waals surface area contributed by atoms with E-state index in [1.165, 1.54) is 0 Å². The molecule has 0 aromatic heterocycles. The van der Waals surface area contributed by atoms with E-state index in [4.69, 9.17) is 11.6 Å². The summed E-state index contributed by atoms with van der Waals surface area (Å²) in [5.41, 5.74) is 0.878. The Morgan fingerprint density at radius 1 is 1.33 bits per heavy atom. The Hall–Kier alpha value is -1.29. The van der Waals surface area contributed by atoms with Crippen LogP contribution in [-0.4, -0.2) is 0 Å². The second-order valence-electron chi connectivity index (χ2n) is 2.25. The summed E-state index contributed by atoms with van der Waals surface area (Å²) in [6, 6.07) is 8.12. The van der Waals surface area contributed by atoms with E-state index in [2.05, 4.69) is 26.7 Å². The summed E-state index contributed by atoms with van der Waals surface area (Å²) < 4.78 is 0. The molecule has 59 valence electrons. The highest BCUT2D eigenvalue weighted by atomic mass is 35.5. The Morgan fingerprint density at radius 2 is 2.08 bits per heavy atom. The summed E-state index contributed by atoms with van der Waals surface area (Å²) in [4.78, 5) is 0. The van der Waals surface area contributed by atoms with Crippen molar-refractivity contribution < 1.29 is 0 Å². The van der Waals surface area contributed by atoms with E-state index in [0.717, 1.165) is 5.56 Å². The Kier molecular flexibility index (Phi) is 1.83. The van der Waals surface area contributed by atoms with Gasteiger partial charge in [0.25, 0.3) is 0 Å². The summed E-state index contributed by atoms with van der Waals surface area (Å²) in [5.74, 6) is 0. The lowest BCUT2D eigenvalue weighted by Crippen LogP contribution is -1.86. The molecule has 12 heavy (non-hydrogen) atoms. The van der Waals surface area contributed by atoms with Gasteiger partial charge >= 0.3 is 0 Å². The molecule has 4 nitrogen and oxygen atoms in total. The smallest absolute Gasteiger partial charge is 0.133 e. The molecule has 0 atom stereocenters. The standard InChI is InChI=1S/C7H4ClN4/c8-6-3-1-2-5(4-6)7-9-11-12-10-7/h1-2,4,7H. The van der Waals surface area contributed by atoms with Crippen molar-refractivity contribution in [2.75, 3.05) is 0 Å². The van der Waals surface area contributed by atoms with Gasteiger partial charge in [-0.15, -0.1) is 10.2 Å². The Bertz CT molecular complexity index is 335. The first-order valence-corrected chi connectivity index (χ1v) is 3.71. The Morgan fingerprint density at radius 3 is 2.75 bits per heavy atom. The van der Waals surface area contributed by atoms with Gasteiger partial charge in [0, 0.05) is 16.7 Å². The molecule has 0 unspecified atom stereocenters. The zero-order chi connectivity index (χ0) is 8.39. The first kappa shape index (κ1) is 7.36. The van der Waals surface area contributed by atoms with Crippen LogP contribution in [0.2, 0.25) is 5.02 Å². The maximum Gasteiger partial charge on any atom is 0.210 e. The van der Waals surface area contributed by atoms with Crippen LogP contribution >= 0.6 is 11.6 Å². The predicted molar refractivity (Wildman–Crippen MR) is 42.7 cm³/mol. The Balaban J connectivity index is 2.34. The first-order valence-electron chi connectivity index (χ1n) is 3.33. The third-order valence-corrected chi connectivity index (χ3v) is 1.67. The van der Waals surface area contributed by atoms with Crippen molar-refractivity contribution >= 4 is 11.6 Å². The highest BCUT2D eigenvalue weighted by Gasteiger charge is 2.11. The van der Waals surface area contributed by atoms with E-state index < -0.39 is 0 Å². The average Bonchev–Trinajstić information content (AvgIpc) is 2.56. The second kappa shape index (κ2) is 2.98. The van der Waals surface area contributed by atoms with Crippen LogP contribution in [0.1, 0.15) is 11.7 Å². The fourth-order valence-electron chi connectivity index (χ4n) is 0.915. The maximum absolute atomic E-state index is 5.72. The molecule has 1 aromatic rings. The lowest BCUT2D eigenvalue weighted by molar-refractivity contribution is 0.765. The van der Waals surface area contributed by atoms with Crippen LogP contribution < -0.4 is 0 Å². The zero-order valence-electron chi connectivity index (χ0n) is 5.98. The summed E-state index contributed by atoms with van der Waals surface area (Å²) in [7, 11) is 0. The molecule has 0 aliphatic carbocycles. The fourth-order valence-corrected chi connectivity index (χ4v) is 1.10. The van der Waals surface area contributed by atoms with Crippen molar-refractivity contribution in [2.45, 2.75) is 6.17 Å². The van der Waals surface area contributed by atoms with E-state index in [-0.39, 0.29) is 6.17 Å². The van der Waals surface area contributed by atoms with Crippen LogP contribution in [-0.2, 0) is 0 Å². The van der Waals surface area contributed by atoms with Crippen molar-refractivity contribution in [1.82, 2.24) is 0 Å². The van der Waals surface area contributed by atoms with Crippen molar-refractivity contribution in [3.8, 4) is 0 Å². The van der Waals surface area contributed by atoms with Crippen LogP contribution in [0.3, 0.4) is 0 Å². The van der Waals surface area contributed by atoms with E-state index >= 15 is 0 Å². The lowest BCUT2D eigenvalue weighted by Gasteiger charge is -1.99. The van der Waals surface area contributed by atoms with Gasteiger partial charge in [-0.25, -0.2) is 0 Å². The molecule has 0 saturated carbocycles. The Labute approximate surface area is 74.0 Å². The van der Waals surface area contributed by atoms with Crippen molar-refractivity contribution in [3.05, 3.63) is 34.9 Å². The van der Waals surface area contributed by atoms with Crippen molar-refractivity contribution in [1.29, 1.82) is 0 Å². The molecule has 0 spiro atoms. The molecule has 0 saturated heterocycles. The van der Waals surface area contributed by atoms with Gasteiger partial charge in [0.05, 0.1) is 0 Å². The predicted octanol–water partition coefficient (Wildman–Crippen LogP) is 2.97. The summed E-state index contributed by atoms with van der Waals surface area (Å²) >= 11 is 5.72. The molecule has 1 aliphatic heterocycles. The van der Waals surface area contributed by atoms with Crippen LogP contribution in [0.15, 0.2) is 38.9 Å². The maximum atomic E-state index is 5.72. The molecule has 0 bridgehead atoms. The largest absolute Gasteiger partial charge is 0.210 e. The molecule has 1 radical (unpaired) electrons. The SMILES string of the molecule is Clc1[c]ccc(C2N=NN=N2)c1. The van der Waals surface area contributed by atoms with Gasteiger partial charge in [-0.3, -0.25) is 0 Å². The number of halogens is 1. The monoisotopic (exact) mass is 179 g/mol. The van der Waals surface area contributed by atoms with Gasteiger partial charge in [0.2, 0.25) is 6.17 Å². The van der Waals surface area contributed by atoms with Gasteiger partial charge in [-0.05, 0) is 16.5 Å². The number of hydrogen-bond acceptors (Lipinski definition) is 4. The molecule has 0 fully saturated rings. The minimum atomic E-state index is -0.322. The third kappa shape index (κ3) is 1.33. The normalized spacial score (nSPS) is 15.8. The number of rotatable bonds is 1. The molecule has 1 aromatic carbocycles. The van der Waals surface area contributed by atoms with Crippen LogP contribution in [0.5, 0.6) is 0 Å². The van der Waals surface area contributed by atoms with Gasteiger partial charge in [0.15, 0.2) is 0 Å². The lowest BCUT2D eigenvalue weighted by atomic mass is 10.2. The van der Waals surface area contributed by atoms with E-state index in [1.807, 2.05) is 6.07 Å². The van der Waals surface area contributed by atoms with E-state index in [9.17, 15) is 0 Å². The minimum Gasteiger partial charge on any atom is -0.133 e. The highest BCUT2D eigenvalue weighted by molar-refractivity contribution is 6.30. The average molecular weight is 180 g/mol. The third-order valence-electron chi connectivity index (χ3n) is 1.45. The van der Waals surface area contributed by atoms with E-state index in [1.54, 1.807) is 12.1 Å². The number of hydrogen-bond donors (Lipinski definition) is 0. The molecule has 1 heterocycles. The molecule has 5 heteroatoms. The van der Waals surface area contributed by atoms with Crippen LogP contribution in [0, 0.1) is 6.07 Å². The van der Waals surface area contributed by atoms with Gasteiger partial charge in [0.1, 0.15) is 0 Å². The fraction of sp³-hybridized carbons (Fsp3) is 0.143. The van der Waals surface area contributed by atoms with Crippen molar-refractivity contribution in [2.24, 2.45) is 20.7 Å². The summed E-state index contributed by atoms with van der Waals surface area (Å²) in [6.45, 7) is 0. The quantitative estimate of drug-likeness (QED) is 0.637. The molecular formula is C7H4ClN4. The topological polar surface area (TPSA) is 49.4 Å². The van der Waals surface area contributed by atoms with Gasteiger partial charge in [-0.1, -0.05) is 23.7 Å². The molecule has 0 amide bonds. The van der Waals surface area contributed by atoms with Crippen LogP contribution in [0.25, 0.3) is 0 Å².